The van der Waals surface area contributed by atoms with E-state index >= 15 is 0 Å². The number of alkyl halides is 2. The molecule has 0 saturated carbocycles. The number of aryl methyl sites for hydroxylation is 1. The van der Waals surface area contributed by atoms with E-state index in [-0.39, 0.29) is 13.2 Å². The molecule has 4 nitrogen and oxygen atoms in total. The van der Waals surface area contributed by atoms with Crippen LogP contribution in [0.15, 0.2) is 18.2 Å². The molecule has 1 amide bonds. The average molecular weight is 258 g/mol. The lowest BCUT2D eigenvalue weighted by Gasteiger charge is -2.22. The Bertz CT molecular complexity index is 425. The second kappa shape index (κ2) is 6.30. The molecule has 100 valence electrons. The van der Waals surface area contributed by atoms with Crippen molar-refractivity contribution < 1.29 is 18.7 Å². The largest absolute Gasteiger partial charge is 0.399 e. The van der Waals surface area contributed by atoms with Crippen LogP contribution in [0.4, 0.5) is 14.5 Å². The van der Waals surface area contributed by atoms with Gasteiger partial charge in [-0.05, 0) is 30.7 Å². The molecule has 0 aliphatic heterocycles. The van der Waals surface area contributed by atoms with Crippen LogP contribution < -0.4 is 5.73 Å². The molecule has 0 bridgehead atoms. The summed E-state index contributed by atoms with van der Waals surface area (Å²) in [5.41, 5.74) is 7.00. The minimum Gasteiger partial charge on any atom is -0.399 e. The minimum atomic E-state index is -2.63. The van der Waals surface area contributed by atoms with Gasteiger partial charge in [-0.2, -0.15) is 0 Å². The van der Waals surface area contributed by atoms with Crippen molar-refractivity contribution in [1.29, 1.82) is 0 Å². The molecule has 18 heavy (non-hydrogen) atoms. The number of anilines is 1. The number of amides is 1. The van der Waals surface area contributed by atoms with Crippen molar-refractivity contribution in [3.63, 3.8) is 0 Å². The first-order valence-corrected chi connectivity index (χ1v) is 5.50. The third-order valence-electron chi connectivity index (χ3n) is 2.50. The molecule has 6 heteroatoms. The molecular formula is C12H16F2N2O2. The second-order valence-corrected chi connectivity index (χ2v) is 3.94. The topological polar surface area (TPSA) is 66.6 Å². The third-order valence-corrected chi connectivity index (χ3v) is 2.50. The molecule has 0 aliphatic rings. The van der Waals surface area contributed by atoms with E-state index in [4.69, 9.17) is 10.8 Å². The number of carbonyl (C=O) groups is 1. The van der Waals surface area contributed by atoms with Crippen LogP contribution in [0, 0.1) is 6.92 Å². The van der Waals surface area contributed by atoms with Crippen LogP contribution >= 0.6 is 0 Å². The van der Waals surface area contributed by atoms with Gasteiger partial charge in [-0.25, -0.2) is 8.78 Å². The van der Waals surface area contributed by atoms with Crippen LogP contribution in [0.25, 0.3) is 0 Å². The Labute approximate surface area is 104 Å². The van der Waals surface area contributed by atoms with E-state index in [9.17, 15) is 13.6 Å². The van der Waals surface area contributed by atoms with Gasteiger partial charge in [-0.3, -0.25) is 4.79 Å². The number of hydrogen-bond acceptors (Lipinski definition) is 3. The van der Waals surface area contributed by atoms with Gasteiger partial charge in [0.25, 0.3) is 12.3 Å². The van der Waals surface area contributed by atoms with Crippen LogP contribution in [-0.4, -0.2) is 42.0 Å². The summed E-state index contributed by atoms with van der Waals surface area (Å²) in [6.45, 7) is 0.520. The van der Waals surface area contributed by atoms with E-state index in [1.165, 1.54) is 6.07 Å². The summed E-state index contributed by atoms with van der Waals surface area (Å²) < 4.78 is 24.7. The zero-order chi connectivity index (χ0) is 13.7. The molecule has 0 aromatic heterocycles. The standard InChI is InChI=1S/C12H16F2N2O2/c1-8-6-9(15)2-3-10(8)12(18)16(4-5-17)7-11(13)14/h2-3,6,11,17H,4-5,7,15H2,1H3. The van der Waals surface area contributed by atoms with Gasteiger partial charge in [0.05, 0.1) is 13.2 Å². The number of halogens is 2. The predicted molar refractivity (Wildman–Crippen MR) is 64.6 cm³/mol. The minimum absolute atomic E-state index is 0.118. The number of aliphatic hydroxyl groups excluding tert-OH is 1. The lowest BCUT2D eigenvalue weighted by Crippen LogP contribution is -2.37. The Morgan fingerprint density at radius 2 is 2.17 bits per heavy atom. The summed E-state index contributed by atoms with van der Waals surface area (Å²) in [6.07, 6.45) is -2.63. The van der Waals surface area contributed by atoms with Crippen LogP contribution in [0.1, 0.15) is 15.9 Å². The van der Waals surface area contributed by atoms with Crippen molar-refractivity contribution in [2.45, 2.75) is 13.3 Å². The monoisotopic (exact) mass is 258 g/mol. The van der Waals surface area contributed by atoms with Gasteiger partial charge in [-0.15, -0.1) is 0 Å². The van der Waals surface area contributed by atoms with E-state index in [1.807, 2.05) is 0 Å². The van der Waals surface area contributed by atoms with E-state index in [2.05, 4.69) is 0 Å². The van der Waals surface area contributed by atoms with Gasteiger partial charge < -0.3 is 15.7 Å². The predicted octanol–water partition coefficient (Wildman–Crippen LogP) is 1.28. The van der Waals surface area contributed by atoms with Gasteiger partial charge in [0, 0.05) is 17.8 Å². The van der Waals surface area contributed by atoms with E-state index in [0.29, 0.717) is 16.8 Å². The Hall–Kier alpha value is -1.69. The number of aliphatic hydroxyl groups is 1. The SMILES string of the molecule is Cc1cc(N)ccc1C(=O)N(CCO)CC(F)F. The highest BCUT2D eigenvalue weighted by Crippen LogP contribution is 2.15. The molecule has 0 unspecified atom stereocenters. The maximum atomic E-state index is 12.4. The number of benzene rings is 1. The van der Waals surface area contributed by atoms with Crippen LogP contribution in [0.2, 0.25) is 0 Å². The van der Waals surface area contributed by atoms with Crippen molar-refractivity contribution in [3.8, 4) is 0 Å². The molecule has 3 N–H and O–H groups in total. The van der Waals surface area contributed by atoms with E-state index < -0.39 is 18.9 Å². The number of carbonyl (C=O) groups excluding carboxylic acids is 1. The fraction of sp³-hybridized carbons (Fsp3) is 0.417. The highest BCUT2D eigenvalue weighted by Gasteiger charge is 2.20. The lowest BCUT2D eigenvalue weighted by molar-refractivity contribution is 0.0508. The molecule has 0 fully saturated rings. The second-order valence-electron chi connectivity index (χ2n) is 3.94. The van der Waals surface area contributed by atoms with Crippen LogP contribution in [0.5, 0.6) is 0 Å². The van der Waals surface area contributed by atoms with Crippen molar-refractivity contribution in [2.24, 2.45) is 0 Å². The Kier molecular flexibility index (Phi) is 5.03. The molecule has 0 heterocycles. The molecule has 0 atom stereocenters. The summed E-state index contributed by atoms with van der Waals surface area (Å²) >= 11 is 0. The zero-order valence-electron chi connectivity index (χ0n) is 10.1. The Balaban J connectivity index is 2.94. The van der Waals surface area contributed by atoms with E-state index in [1.54, 1.807) is 19.1 Å². The van der Waals surface area contributed by atoms with Gasteiger partial charge in [0.15, 0.2) is 0 Å². The van der Waals surface area contributed by atoms with Crippen LogP contribution in [-0.2, 0) is 0 Å². The Morgan fingerprint density at radius 3 is 2.67 bits per heavy atom. The fourth-order valence-electron chi connectivity index (χ4n) is 1.66. The number of hydrogen-bond donors (Lipinski definition) is 2. The molecular weight excluding hydrogens is 242 g/mol. The summed E-state index contributed by atoms with van der Waals surface area (Å²) in [6, 6.07) is 4.65. The highest BCUT2D eigenvalue weighted by atomic mass is 19.3. The van der Waals surface area contributed by atoms with Gasteiger partial charge in [0.1, 0.15) is 0 Å². The number of rotatable bonds is 5. The number of nitrogens with two attached hydrogens (primary N) is 1. The fourth-order valence-corrected chi connectivity index (χ4v) is 1.66. The molecule has 1 rings (SSSR count). The summed E-state index contributed by atoms with van der Waals surface area (Å²) in [5.74, 6) is -0.526. The molecule has 1 aromatic rings. The lowest BCUT2D eigenvalue weighted by atomic mass is 10.1. The molecule has 0 aliphatic carbocycles. The average Bonchev–Trinajstić information content (AvgIpc) is 2.27. The zero-order valence-corrected chi connectivity index (χ0v) is 10.1. The summed E-state index contributed by atoms with van der Waals surface area (Å²) in [7, 11) is 0. The van der Waals surface area contributed by atoms with Crippen molar-refractivity contribution in [1.82, 2.24) is 4.90 Å². The van der Waals surface area contributed by atoms with Gasteiger partial charge in [-0.1, -0.05) is 0 Å². The van der Waals surface area contributed by atoms with Crippen molar-refractivity contribution >= 4 is 11.6 Å². The summed E-state index contributed by atoms with van der Waals surface area (Å²) in [5, 5.41) is 8.80. The van der Waals surface area contributed by atoms with Gasteiger partial charge >= 0.3 is 0 Å². The number of nitrogens with zero attached hydrogens (tertiary/aromatic N) is 1. The molecule has 0 saturated heterocycles. The highest BCUT2D eigenvalue weighted by molar-refractivity contribution is 5.96. The number of nitrogen functional groups attached to an aromatic ring is 1. The normalized spacial score (nSPS) is 10.7. The molecule has 1 aromatic carbocycles. The molecule has 0 spiro atoms. The summed E-state index contributed by atoms with van der Waals surface area (Å²) in [4.78, 5) is 13.0. The first-order chi connectivity index (χ1) is 8.45. The Morgan fingerprint density at radius 1 is 1.50 bits per heavy atom. The quantitative estimate of drug-likeness (QED) is 0.782. The molecule has 0 radical (unpaired) electrons. The van der Waals surface area contributed by atoms with Crippen LogP contribution in [0.3, 0.4) is 0 Å². The maximum absolute atomic E-state index is 12.4. The first-order valence-electron chi connectivity index (χ1n) is 5.50. The van der Waals surface area contributed by atoms with E-state index in [0.717, 1.165) is 4.90 Å². The first kappa shape index (κ1) is 14.4. The maximum Gasteiger partial charge on any atom is 0.255 e. The van der Waals surface area contributed by atoms with Gasteiger partial charge in [0.2, 0.25) is 0 Å². The third kappa shape index (κ3) is 3.66. The van der Waals surface area contributed by atoms with Crippen molar-refractivity contribution in [3.05, 3.63) is 29.3 Å². The van der Waals surface area contributed by atoms with Crippen molar-refractivity contribution in [2.75, 3.05) is 25.4 Å². The smallest absolute Gasteiger partial charge is 0.255 e.